The molecule has 2 aliphatic rings. The number of carbonyl (C=O) groups is 2. The van der Waals surface area contributed by atoms with Gasteiger partial charge in [-0.3, -0.25) is 14.6 Å². The van der Waals surface area contributed by atoms with Crippen LogP contribution in [0.3, 0.4) is 0 Å². The molecule has 4 atom stereocenters. The largest absolute Gasteiger partial charge is 0.496 e. The molecule has 1 aliphatic heterocycles. The van der Waals surface area contributed by atoms with Gasteiger partial charge in [-0.05, 0) is 24.0 Å². The van der Waals surface area contributed by atoms with E-state index < -0.39 is 5.91 Å². The van der Waals surface area contributed by atoms with E-state index in [1.807, 2.05) is 0 Å². The van der Waals surface area contributed by atoms with Crippen LogP contribution in [0.4, 0.5) is 0 Å². The van der Waals surface area contributed by atoms with E-state index in [9.17, 15) is 9.59 Å². The van der Waals surface area contributed by atoms with E-state index >= 15 is 0 Å². The van der Waals surface area contributed by atoms with E-state index in [0.717, 1.165) is 0 Å². The molecule has 4 rings (SSSR count). The lowest BCUT2D eigenvalue weighted by Gasteiger charge is -2.17. The number of rotatable bonds is 6. The molecule has 1 aliphatic carbocycles. The Kier molecular flexibility index (Phi) is 4.34. The van der Waals surface area contributed by atoms with E-state index in [4.69, 9.17) is 26.8 Å². The Bertz CT molecular complexity index is 948. The van der Waals surface area contributed by atoms with Crippen molar-refractivity contribution in [1.29, 1.82) is 0 Å². The molecular formula is C19H20ClN3O4. The number of nitrogens with two attached hydrogens (primary N) is 1. The summed E-state index contributed by atoms with van der Waals surface area (Å²) in [5.41, 5.74) is 6.18. The van der Waals surface area contributed by atoms with E-state index in [1.54, 1.807) is 12.1 Å². The van der Waals surface area contributed by atoms with Crippen LogP contribution >= 0.6 is 11.6 Å². The summed E-state index contributed by atoms with van der Waals surface area (Å²) in [5.74, 6) is 1.38. The highest BCUT2D eigenvalue weighted by Crippen LogP contribution is 2.52. The van der Waals surface area contributed by atoms with Crippen molar-refractivity contribution in [1.82, 2.24) is 10.3 Å². The molecule has 2 aromatic rings. The molecule has 2 heterocycles. The van der Waals surface area contributed by atoms with E-state index in [-0.39, 0.29) is 23.4 Å². The summed E-state index contributed by atoms with van der Waals surface area (Å²) in [7, 11) is 1.46. The molecular weight excluding hydrogens is 370 g/mol. The van der Waals surface area contributed by atoms with Gasteiger partial charge in [0.05, 0.1) is 24.8 Å². The molecule has 0 bridgehead atoms. The number of nitrogens with one attached hydrogen (secondary N) is 1. The van der Waals surface area contributed by atoms with Gasteiger partial charge in [-0.15, -0.1) is 0 Å². The number of ether oxygens (including phenoxy) is 2. The Morgan fingerprint density at radius 1 is 1.41 bits per heavy atom. The van der Waals surface area contributed by atoms with Gasteiger partial charge in [-0.2, -0.15) is 0 Å². The molecule has 27 heavy (non-hydrogen) atoms. The molecule has 1 aromatic carbocycles. The summed E-state index contributed by atoms with van der Waals surface area (Å²) >= 11 is 6.29. The minimum atomic E-state index is -0.599. The normalized spacial score (nSPS) is 25.8. The summed E-state index contributed by atoms with van der Waals surface area (Å²) in [6.07, 6.45) is 2.18. The number of hydrogen-bond acceptors (Lipinski definition) is 5. The van der Waals surface area contributed by atoms with Gasteiger partial charge < -0.3 is 20.5 Å². The van der Waals surface area contributed by atoms with E-state index in [1.165, 1.54) is 13.3 Å². The smallest absolute Gasteiger partial charge is 0.252 e. The fraction of sp³-hybridized carbons (Fsp3) is 0.421. The standard InChI is InChI=1S/C19H20ClN3O4/c1-8-15-12(23-19(25)16(8)15)3-4-27-17-9-6-14(26-2)10(18(21)24)5-13(9)22-7-11(17)20/h5-8,12,15-16H,3-4H2,1-2H3,(H2,21,24)(H,23,25)/t8-,12+,15+,16+/m0/s1. The van der Waals surface area contributed by atoms with Crippen molar-refractivity contribution in [3.63, 3.8) is 0 Å². The highest BCUT2D eigenvalue weighted by molar-refractivity contribution is 6.33. The number of hydrogen-bond donors (Lipinski definition) is 2. The first kappa shape index (κ1) is 17.9. The van der Waals surface area contributed by atoms with Crippen molar-refractivity contribution >= 4 is 34.3 Å². The second kappa shape index (κ2) is 6.56. The van der Waals surface area contributed by atoms with Crippen LogP contribution in [0.25, 0.3) is 10.9 Å². The number of nitrogens with zero attached hydrogens (tertiary/aromatic N) is 1. The molecule has 0 unspecified atom stereocenters. The lowest BCUT2D eigenvalue weighted by molar-refractivity contribution is -0.121. The molecule has 2 fully saturated rings. The number of primary amides is 1. The third kappa shape index (κ3) is 2.96. The average molecular weight is 390 g/mol. The number of piperidine rings is 1. The number of amides is 2. The van der Waals surface area contributed by atoms with Crippen LogP contribution in [-0.4, -0.2) is 36.6 Å². The van der Waals surface area contributed by atoms with Gasteiger partial charge in [-0.1, -0.05) is 18.5 Å². The summed E-state index contributed by atoms with van der Waals surface area (Å²) in [4.78, 5) is 27.7. The van der Waals surface area contributed by atoms with Crippen LogP contribution in [0, 0.1) is 17.8 Å². The lowest BCUT2D eigenvalue weighted by Crippen LogP contribution is -2.33. The number of fused-ring (bicyclic) bond motifs is 2. The van der Waals surface area contributed by atoms with Crippen LogP contribution in [-0.2, 0) is 4.79 Å². The molecule has 0 radical (unpaired) electrons. The Morgan fingerprint density at radius 2 is 2.19 bits per heavy atom. The first-order valence-electron chi connectivity index (χ1n) is 8.81. The van der Waals surface area contributed by atoms with Crippen molar-refractivity contribution in [3.8, 4) is 11.5 Å². The number of benzene rings is 1. The van der Waals surface area contributed by atoms with E-state index in [2.05, 4.69) is 17.2 Å². The Hall–Kier alpha value is -2.54. The highest BCUT2D eigenvalue weighted by atomic mass is 35.5. The van der Waals surface area contributed by atoms with Gasteiger partial charge in [0.2, 0.25) is 5.91 Å². The summed E-state index contributed by atoms with van der Waals surface area (Å²) < 4.78 is 11.2. The van der Waals surface area contributed by atoms with Gasteiger partial charge in [0.1, 0.15) is 16.5 Å². The van der Waals surface area contributed by atoms with Gasteiger partial charge in [-0.25, -0.2) is 0 Å². The zero-order valence-electron chi connectivity index (χ0n) is 15.0. The second-order valence-electron chi connectivity index (χ2n) is 7.08. The minimum absolute atomic E-state index is 0.139. The number of aromatic nitrogens is 1. The van der Waals surface area contributed by atoms with Crippen molar-refractivity contribution in [2.45, 2.75) is 19.4 Å². The first-order valence-corrected chi connectivity index (χ1v) is 9.19. The number of halogens is 1. The topological polar surface area (TPSA) is 104 Å². The fourth-order valence-electron chi connectivity index (χ4n) is 4.13. The summed E-state index contributed by atoms with van der Waals surface area (Å²) in [6.45, 7) is 2.51. The fourth-order valence-corrected chi connectivity index (χ4v) is 4.34. The molecule has 8 heteroatoms. The number of pyridine rings is 1. The van der Waals surface area contributed by atoms with Crippen LogP contribution in [0.2, 0.25) is 5.02 Å². The minimum Gasteiger partial charge on any atom is -0.496 e. The van der Waals surface area contributed by atoms with Crippen LogP contribution < -0.4 is 20.5 Å². The zero-order chi connectivity index (χ0) is 19.3. The molecule has 2 amide bonds. The number of methoxy groups -OCH3 is 1. The summed E-state index contributed by atoms with van der Waals surface area (Å²) in [6, 6.07) is 3.35. The van der Waals surface area contributed by atoms with Gasteiger partial charge in [0.15, 0.2) is 0 Å². The van der Waals surface area contributed by atoms with Crippen molar-refractivity contribution in [2.24, 2.45) is 23.5 Å². The van der Waals surface area contributed by atoms with Crippen LogP contribution in [0.15, 0.2) is 18.3 Å². The van der Waals surface area contributed by atoms with Crippen molar-refractivity contribution in [3.05, 3.63) is 28.9 Å². The van der Waals surface area contributed by atoms with Gasteiger partial charge >= 0.3 is 0 Å². The predicted octanol–water partition coefficient (Wildman–Crippen LogP) is 2.15. The molecule has 1 aromatic heterocycles. The second-order valence-corrected chi connectivity index (χ2v) is 7.49. The Morgan fingerprint density at radius 3 is 2.81 bits per heavy atom. The van der Waals surface area contributed by atoms with E-state index in [0.29, 0.717) is 52.3 Å². The molecule has 1 saturated heterocycles. The Labute approximate surface area is 161 Å². The highest BCUT2D eigenvalue weighted by Gasteiger charge is 2.60. The molecule has 7 nitrogen and oxygen atoms in total. The molecule has 0 spiro atoms. The maximum atomic E-state index is 11.8. The van der Waals surface area contributed by atoms with Crippen LogP contribution in [0.5, 0.6) is 11.5 Å². The maximum absolute atomic E-state index is 11.8. The SMILES string of the molecule is COc1cc2c(OCC[C@H]3NC(=O)[C@@H]4[C@@H](C)[C@@H]43)c(Cl)cnc2cc1C(N)=O. The molecule has 3 N–H and O–H groups in total. The third-order valence-electron chi connectivity index (χ3n) is 5.58. The van der Waals surface area contributed by atoms with Crippen LogP contribution in [0.1, 0.15) is 23.7 Å². The first-order chi connectivity index (χ1) is 12.9. The zero-order valence-corrected chi connectivity index (χ0v) is 15.7. The number of carbonyl (C=O) groups excluding carboxylic acids is 2. The molecule has 142 valence electrons. The van der Waals surface area contributed by atoms with Gasteiger partial charge in [0.25, 0.3) is 5.91 Å². The van der Waals surface area contributed by atoms with Crippen molar-refractivity contribution in [2.75, 3.05) is 13.7 Å². The van der Waals surface area contributed by atoms with Crippen molar-refractivity contribution < 1.29 is 19.1 Å². The monoisotopic (exact) mass is 389 g/mol. The predicted molar refractivity (Wildman–Crippen MR) is 100 cm³/mol. The Balaban J connectivity index is 1.56. The maximum Gasteiger partial charge on any atom is 0.252 e. The van der Waals surface area contributed by atoms with Gasteiger partial charge in [0, 0.05) is 30.0 Å². The third-order valence-corrected chi connectivity index (χ3v) is 5.85. The average Bonchev–Trinajstić information content (AvgIpc) is 3.19. The quantitative estimate of drug-likeness (QED) is 0.787. The summed E-state index contributed by atoms with van der Waals surface area (Å²) in [5, 5.41) is 4.03. The lowest BCUT2D eigenvalue weighted by atomic mass is 10.1. The molecule has 1 saturated carbocycles.